The molecule has 23 heavy (non-hydrogen) atoms. The quantitative estimate of drug-likeness (QED) is 0.732. The molecule has 1 heterocycles. The third kappa shape index (κ3) is 4.64. The first-order valence-corrected chi connectivity index (χ1v) is 7.78. The van der Waals surface area contributed by atoms with Gasteiger partial charge in [-0.1, -0.05) is 31.2 Å². The Kier molecular flexibility index (Phi) is 6.31. The Labute approximate surface area is 136 Å². The van der Waals surface area contributed by atoms with Gasteiger partial charge in [-0.25, -0.2) is 4.68 Å². The van der Waals surface area contributed by atoms with Crippen LogP contribution >= 0.6 is 0 Å². The highest BCUT2D eigenvalue weighted by Gasteiger charge is 2.13. The number of aliphatic hydroxyl groups excluding tert-OH is 1. The Morgan fingerprint density at radius 2 is 2.17 bits per heavy atom. The van der Waals surface area contributed by atoms with Gasteiger partial charge < -0.3 is 15.2 Å². The summed E-state index contributed by atoms with van der Waals surface area (Å²) in [5, 5.41) is 16.5. The van der Waals surface area contributed by atoms with E-state index >= 15 is 0 Å². The van der Waals surface area contributed by atoms with Crippen LogP contribution in [-0.2, 0) is 16.1 Å². The number of benzene rings is 1. The molecule has 0 aliphatic rings. The van der Waals surface area contributed by atoms with Crippen molar-refractivity contribution in [2.75, 3.05) is 25.1 Å². The van der Waals surface area contributed by atoms with Crippen molar-refractivity contribution in [3.05, 3.63) is 35.9 Å². The molecule has 1 aromatic heterocycles. The molecule has 2 rings (SSSR count). The van der Waals surface area contributed by atoms with Crippen LogP contribution in [-0.4, -0.2) is 40.6 Å². The maximum absolute atomic E-state index is 11.9. The summed E-state index contributed by atoms with van der Waals surface area (Å²) in [6.07, 6.45) is 0.868. The fraction of sp³-hybridized carbons (Fsp3) is 0.412. The second-order valence-electron chi connectivity index (χ2n) is 5.28. The number of anilines is 1. The van der Waals surface area contributed by atoms with Gasteiger partial charge in [-0.3, -0.25) is 4.79 Å². The number of nitrogens with one attached hydrogen (secondary N) is 1. The summed E-state index contributed by atoms with van der Waals surface area (Å²) >= 11 is 0. The van der Waals surface area contributed by atoms with Crippen molar-refractivity contribution in [2.45, 2.75) is 26.8 Å². The number of carbonyl (C=O) groups excluding carboxylic acids is 1. The smallest absolute Gasteiger partial charge is 0.251 e. The summed E-state index contributed by atoms with van der Waals surface area (Å²) in [6, 6.07) is 9.73. The van der Waals surface area contributed by atoms with Crippen LogP contribution in [0.5, 0.6) is 0 Å². The number of aryl methyl sites for hydroxylation is 1. The Bertz CT molecular complexity index is 652. The second-order valence-corrected chi connectivity index (χ2v) is 5.28. The van der Waals surface area contributed by atoms with Gasteiger partial charge in [0.2, 0.25) is 0 Å². The highest BCUT2D eigenvalue weighted by Crippen LogP contribution is 2.24. The molecule has 0 atom stereocenters. The second kappa shape index (κ2) is 8.45. The van der Waals surface area contributed by atoms with Gasteiger partial charge in [-0.2, -0.15) is 5.10 Å². The predicted molar refractivity (Wildman–Crippen MR) is 89.2 cm³/mol. The van der Waals surface area contributed by atoms with Crippen LogP contribution in [0, 0.1) is 6.92 Å². The molecular formula is C17H23N3O3. The number of hydrogen-bond acceptors (Lipinski definition) is 4. The highest BCUT2D eigenvalue weighted by molar-refractivity contribution is 5.91. The fourth-order valence-corrected chi connectivity index (χ4v) is 2.26. The van der Waals surface area contributed by atoms with E-state index in [0.717, 1.165) is 23.2 Å². The maximum Gasteiger partial charge on any atom is 0.251 e. The zero-order chi connectivity index (χ0) is 16.7. The largest absolute Gasteiger partial charge is 0.394 e. The van der Waals surface area contributed by atoms with E-state index in [0.29, 0.717) is 19.0 Å². The lowest BCUT2D eigenvalue weighted by Gasteiger charge is -2.07. The van der Waals surface area contributed by atoms with Gasteiger partial charge in [0.25, 0.3) is 5.91 Å². The monoisotopic (exact) mass is 317 g/mol. The number of hydrogen-bond donors (Lipinski definition) is 2. The minimum Gasteiger partial charge on any atom is -0.394 e. The molecule has 0 aliphatic heterocycles. The van der Waals surface area contributed by atoms with E-state index in [4.69, 9.17) is 4.74 Å². The van der Waals surface area contributed by atoms with Gasteiger partial charge in [0.1, 0.15) is 12.4 Å². The van der Waals surface area contributed by atoms with Crippen LogP contribution in [0.25, 0.3) is 11.3 Å². The molecule has 0 saturated carbocycles. The standard InChI is InChI=1S/C17H23N3O3/c1-3-10-23-12-17(22)18-16-11-15(19-20(16)8-9-21)14-7-5-4-6-13(14)2/h4-7,11,21H,3,8-10,12H2,1-2H3,(H,18,22). The van der Waals surface area contributed by atoms with E-state index in [1.54, 1.807) is 4.68 Å². The molecule has 6 nitrogen and oxygen atoms in total. The van der Waals surface area contributed by atoms with Crippen molar-refractivity contribution < 1.29 is 14.6 Å². The Hall–Kier alpha value is -2.18. The number of ether oxygens (including phenoxy) is 1. The summed E-state index contributed by atoms with van der Waals surface area (Å²) in [5.74, 6) is 0.330. The van der Waals surface area contributed by atoms with Crippen LogP contribution in [0.2, 0.25) is 0 Å². The molecular weight excluding hydrogens is 294 g/mol. The SMILES string of the molecule is CCCOCC(=O)Nc1cc(-c2ccccc2C)nn1CCO. The van der Waals surface area contributed by atoms with Crippen LogP contribution in [0.1, 0.15) is 18.9 Å². The number of nitrogens with zero attached hydrogens (tertiary/aromatic N) is 2. The molecule has 6 heteroatoms. The molecule has 1 amide bonds. The van der Waals surface area contributed by atoms with Gasteiger partial charge in [0.05, 0.1) is 18.8 Å². The molecule has 124 valence electrons. The van der Waals surface area contributed by atoms with E-state index in [9.17, 15) is 9.90 Å². The lowest BCUT2D eigenvalue weighted by atomic mass is 10.1. The van der Waals surface area contributed by atoms with Gasteiger partial charge in [0, 0.05) is 18.2 Å². The van der Waals surface area contributed by atoms with E-state index in [2.05, 4.69) is 10.4 Å². The third-order valence-electron chi connectivity index (χ3n) is 3.36. The number of carbonyl (C=O) groups is 1. The molecule has 0 fully saturated rings. The molecule has 2 aromatic rings. The van der Waals surface area contributed by atoms with E-state index in [-0.39, 0.29) is 19.1 Å². The molecule has 0 saturated heterocycles. The van der Waals surface area contributed by atoms with E-state index < -0.39 is 0 Å². The number of amides is 1. The van der Waals surface area contributed by atoms with Crippen LogP contribution < -0.4 is 5.32 Å². The average Bonchev–Trinajstić information content (AvgIpc) is 2.91. The van der Waals surface area contributed by atoms with Gasteiger partial charge in [-0.05, 0) is 18.9 Å². The van der Waals surface area contributed by atoms with Crippen molar-refractivity contribution in [3.63, 3.8) is 0 Å². The van der Waals surface area contributed by atoms with Gasteiger partial charge in [-0.15, -0.1) is 0 Å². The zero-order valence-corrected chi connectivity index (χ0v) is 13.6. The van der Waals surface area contributed by atoms with Crippen molar-refractivity contribution in [2.24, 2.45) is 0 Å². The molecule has 1 aromatic carbocycles. The lowest BCUT2D eigenvalue weighted by molar-refractivity contribution is -0.120. The van der Waals surface area contributed by atoms with E-state index in [1.807, 2.05) is 44.2 Å². The first-order chi connectivity index (χ1) is 11.2. The van der Waals surface area contributed by atoms with Crippen LogP contribution in [0.15, 0.2) is 30.3 Å². The summed E-state index contributed by atoms with van der Waals surface area (Å²) in [5.41, 5.74) is 2.87. The first-order valence-electron chi connectivity index (χ1n) is 7.78. The first kappa shape index (κ1) is 17.2. The summed E-state index contributed by atoms with van der Waals surface area (Å²) < 4.78 is 6.83. The minimum absolute atomic E-state index is 0.0117. The van der Waals surface area contributed by atoms with Crippen molar-refractivity contribution in [1.82, 2.24) is 9.78 Å². The normalized spacial score (nSPS) is 10.7. The van der Waals surface area contributed by atoms with Gasteiger partial charge >= 0.3 is 0 Å². The van der Waals surface area contributed by atoms with Crippen molar-refractivity contribution in [3.8, 4) is 11.3 Å². The fourth-order valence-electron chi connectivity index (χ4n) is 2.26. The molecule has 0 unspecified atom stereocenters. The Morgan fingerprint density at radius 1 is 1.39 bits per heavy atom. The molecule has 0 radical (unpaired) electrons. The minimum atomic E-state index is -0.228. The van der Waals surface area contributed by atoms with Crippen molar-refractivity contribution >= 4 is 11.7 Å². The van der Waals surface area contributed by atoms with Gasteiger partial charge in [0.15, 0.2) is 0 Å². The number of rotatable bonds is 8. The zero-order valence-electron chi connectivity index (χ0n) is 13.6. The average molecular weight is 317 g/mol. The molecule has 2 N–H and O–H groups in total. The van der Waals surface area contributed by atoms with Crippen LogP contribution in [0.4, 0.5) is 5.82 Å². The molecule has 0 bridgehead atoms. The summed E-state index contributed by atoms with van der Waals surface area (Å²) in [4.78, 5) is 11.9. The topological polar surface area (TPSA) is 76.4 Å². The molecule has 0 spiro atoms. The highest BCUT2D eigenvalue weighted by atomic mass is 16.5. The maximum atomic E-state index is 11.9. The lowest BCUT2D eigenvalue weighted by Crippen LogP contribution is -2.21. The Morgan fingerprint density at radius 3 is 2.87 bits per heavy atom. The number of aromatic nitrogens is 2. The van der Waals surface area contributed by atoms with Crippen LogP contribution in [0.3, 0.4) is 0 Å². The third-order valence-corrected chi connectivity index (χ3v) is 3.36. The van der Waals surface area contributed by atoms with E-state index in [1.165, 1.54) is 0 Å². The molecule has 0 aliphatic carbocycles. The van der Waals surface area contributed by atoms with Crippen molar-refractivity contribution in [1.29, 1.82) is 0 Å². The summed E-state index contributed by atoms with van der Waals surface area (Å²) in [6.45, 7) is 4.83. The predicted octanol–water partition coefficient (Wildman–Crippen LogP) is 2.22. The number of aliphatic hydroxyl groups is 1. The Balaban J connectivity index is 2.18. The summed E-state index contributed by atoms with van der Waals surface area (Å²) in [7, 11) is 0.